The Balaban J connectivity index is 1.94. The van der Waals surface area contributed by atoms with E-state index in [1.165, 1.54) is 0 Å². The van der Waals surface area contributed by atoms with Gasteiger partial charge in [0.25, 0.3) is 0 Å². The van der Waals surface area contributed by atoms with Crippen molar-refractivity contribution in [1.82, 2.24) is 4.90 Å². The van der Waals surface area contributed by atoms with Gasteiger partial charge in [0.15, 0.2) is 0 Å². The lowest BCUT2D eigenvalue weighted by Crippen LogP contribution is -2.26. The number of ether oxygens (including phenoxy) is 1. The van der Waals surface area contributed by atoms with Gasteiger partial charge < -0.3 is 15.0 Å². The molecule has 4 heteroatoms. The molecule has 4 nitrogen and oxygen atoms in total. The second-order valence-corrected chi connectivity index (χ2v) is 4.73. The summed E-state index contributed by atoms with van der Waals surface area (Å²) in [7, 11) is 3.72. The number of hydrogen-bond donors (Lipinski definition) is 1. The molecule has 0 atom stereocenters. The molecule has 0 bridgehead atoms. The Bertz CT molecular complexity index is 550. The van der Waals surface area contributed by atoms with Crippen molar-refractivity contribution in [2.24, 2.45) is 0 Å². The molecule has 2 aromatic carbocycles. The maximum atomic E-state index is 11.6. The molecule has 2 aromatic rings. The highest BCUT2D eigenvalue weighted by molar-refractivity contribution is 5.92. The topological polar surface area (TPSA) is 41.6 Å². The zero-order chi connectivity index (χ0) is 14.4. The molecule has 0 aromatic heterocycles. The van der Waals surface area contributed by atoms with E-state index in [0.717, 1.165) is 17.2 Å². The van der Waals surface area contributed by atoms with E-state index in [9.17, 15) is 4.79 Å². The summed E-state index contributed by atoms with van der Waals surface area (Å²) in [4.78, 5) is 13.4. The van der Waals surface area contributed by atoms with Crippen LogP contribution >= 0.6 is 0 Å². The van der Waals surface area contributed by atoms with E-state index in [4.69, 9.17) is 4.74 Å². The predicted octanol–water partition coefficient (Wildman–Crippen LogP) is 2.98. The molecule has 2 rings (SSSR count). The Morgan fingerprint density at radius 2 is 1.60 bits per heavy atom. The lowest BCUT2D eigenvalue weighted by molar-refractivity contribution is -0.116. The van der Waals surface area contributed by atoms with Crippen molar-refractivity contribution in [2.45, 2.75) is 0 Å². The Kier molecular flexibility index (Phi) is 4.74. The first-order valence-electron chi connectivity index (χ1n) is 6.41. The molecule has 0 aliphatic rings. The van der Waals surface area contributed by atoms with Gasteiger partial charge in [-0.25, -0.2) is 0 Å². The molecule has 104 valence electrons. The number of likely N-dealkylation sites (N-methyl/N-ethyl adjacent to an activating group) is 1. The van der Waals surface area contributed by atoms with E-state index in [1.807, 2.05) is 73.6 Å². The molecule has 0 saturated heterocycles. The van der Waals surface area contributed by atoms with Crippen LogP contribution in [0.2, 0.25) is 0 Å². The number of nitrogens with zero attached hydrogens (tertiary/aromatic N) is 1. The average molecular weight is 270 g/mol. The molecule has 0 radical (unpaired) electrons. The second-order valence-electron chi connectivity index (χ2n) is 4.73. The Morgan fingerprint density at radius 3 is 2.20 bits per heavy atom. The number of carbonyl (C=O) groups is 1. The number of anilines is 1. The Morgan fingerprint density at radius 1 is 1.00 bits per heavy atom. The summed E-state index contributed by atoms with van der Waals surface area (Å²) in [5.74, 6) is 1.49. The van der Waals surface area contributed by atoms with Crippen molar-refractivity contribution in [2.75, 3.05) is 26.0 Å². The zero-order valence-corrected chi connectivity index (χ0v) is 11.7. The van der Waals surface area contributed by atoms with E-state index in [-0.39, 0.29) is 5.91 Å². The van der Waals surface area contributed by atoms with Gasteiger partial charge in [-0.15, -0.1) is 0 Å². The van der Waals surface area contributed by atoms with Gasteiger partial charge in [0.05, 0.1) is 6.54 Å². The lowest BCUT2D eigenvalue weighted by atomic mass is 10.3. The highest BCUT2D eigenvalue weighted by atomic mass is 16.5. The molecule has 20 heavy (non-hydrogen) atoms. The average Bonchev–Trinajstić information content (AvgIpc) is 2.41. The molecule has 0 fully saturated rings. The summed E-state index contributed by atoms with van der Waals surface area (Å²) >= 11 is 0. The third kappa shape index (κ3) is 4.40. The van der Waals surface area contributed by atoms with Crippen LogP contribution in [0.5, 0.6) is 11.5 Å². The maximum absolute atomic E-state index is 11.6. The number of para-hydroxylation sites is 1. The molecule has 0 spiro atoms. The van der Waals surface area contributed by atoms with Crippen molar-refractivity contribution < 1.29 is 9.53 Å². The van der Waals surface area contributed by atoms with Crippen molar-refractivity contribution in [3.05, 3.63) is 54.6 Å². The van der Waals surface area contributed by atoms with Crippen molar-refractivity contribution in [3.63, 3.8) is 0 Å². The van der Waals surface area contributed by atoms with Crippen LogP contribution in [-0.4, -0.2) is 31.4 Å². The first kappa shape index (κ1) is 14.1. The standard InChI is InChI=1S/C16H18N2O2/c1-18(2)12-16(19)17-13-8-10-15(11-9-13)20-14-6-4-3-5-7-14/h3-11H,12H2,1-2H3,(H,17,19). The molecule has 1 amide bonds. The smallest absolute Gasteiger partial charge is 0.238 e. The summed E-state index contributed by atoms with van der Waals surface area (Å²) in [6.45, 7) is 0.363. The monoisotopic (exact) mass is 270 g/mol. The van der Waals surface area contributed by atoms with Gasteiger partial charge in [-0.2, -0.15) is 0 Å². The fourth-order valence-corrected chi connectivity index (χ4v) is 1.72. The van der Waals surface area contributed by atoms with Gasteiger partial charge in [0.2, 0.25) is 5.91 Å². The summed E-state index contributed by atoms with van der Waals surface area (Å²) < 4.78 is 5.68. The zero-order valence-electron chi connectivity index (χ0n) is 11.7. The number of benzene rings is 2. The van der Waals surface area contributed by atoms with Gasteiger partial charge in [0, 0.05) is 5.69 Å². The predicted molar refractivity (Wildman–Crippen MR) is 80.1 cm³/mol. The van der Waals surface area contributed by atoms with E-state index in [2.05, 4.69) is 5.32 Å². The van der Waals surface area contributed by atoms with E-state index in [0.29, 0.717) is 6.54 Å². The third-order valence-corrected chi connectivity index (χ3v) is 2.58. The van der Waals surface area contributed by atoms with Crippen LogP contribution in [0.25, 0.3) is 0 Å². The number of rotatable bonds is 5. The molecular weight excluding hydrogens is 252 g/mol. The second kappa shape index (κ2) is 6.73. The molecule has 0 aliphatic heterocycles. The van der Waals surface area contributed by atoms with Crippen LogP contribution in [0.3, 0.4) is 0 Å². The largest absolute Gasteiger partial charge is 0.457 e. The van der Waals surface area contributed by atoms with E-state index in [1.54, 1.807) is 0 Å². The van der Waals surface area contributed by atoms with Crippen LogP contribution in [0.15, 0.2) is 54.6 Å². The fourth-order valence-electron chi connectivity index (χ4n) is 1.72. The van der Waals surface area contributed by atoms with Crippen molar-refractivity contribution in [3.8, 4) is 11.5 Å². The van der Waals surface area contributed by atoms with Crippen LogP contribution < -0.4 is 10.1 Å². The highest BCUT2D eigenvalue weighted by Gasteiger charge is 2.04. The van der Waals surface area contributed by atoms with Crippen molar-refractivity contribution in [1.29, 1.82) is 0 Å². The minimum atomic E-state index is -0.0354. The molecule has 0 unspecified atom stereocenters. The van der Waals surface area contributed by atoms with Gasteiger partial charge >= 0.3 is 0 Å². The summed E-state index contributed by atoms with van der Waals surface area (Å²) in [5.41, 5.74) is 0.761. The minimum absolute atomic E-state index is 0.0354. The number of amides is 1. The molecule has 0 heterocycles. The normalized spacial score (nSPS) is 10.3. The number of nitrogens with one attached hydrogen (secondary N) is 1. The van der Waals surface area contributed by atoms with Gasteiger partial charge in [0.1, 0.15) is 11.5 Å². The molecular formula is C16H18N2O2. The minimum Gasteiger partial charge on any atom is -0.457 e. The van der Waals surface area contributed by atoms with Gasteiger partial charge in [-0.1, -0.05) is 18.2 Å². The highest BCUT2D eigenvalue weighted by Crippen LogP contribution is 2.22. The molecule has 0 saturated carbocycles. The summed E-state index contributed by atoms with van der Waals surface area (Å²) in [5, 5.41) is 2.83. The number of hydrogen-bond acceptors (Lipinski definition) is 3. The fraction of sp³-hybridized carbons (Fsp3) is 0.188. The first-order valence-corrected chi connectivity index (χ1v) is 6.41. The Hall–Kier alpha value is -2.33. The van der Waals surface area contributed by atoms with E-state index >= 15 is 0 Å². The maximum Gasteiger partial charge on any atom is 0.238 e. The Labute approximate surface area is 119 Å². The van der Waals surface area contributed by atoms with Crippen LogP contribution in [0.4, 0.5) is 5.69 Å². The molecule has 0 aliphatic carbocycles. The van der Waals surface area contributed by atoms with Crippen LogP contribution in [0.1, 0.15) is 0 Å². The summed E-state index contributed by atoms with van der Waals surface area (Å²) in [6.07, 6.45) is 0. The first-order chi connectivity index (χ1) is 9.63. The third-order valence-electron chi connectivity index (χ3n) is 2.58. The van der Waals surface area contributed by atoms with Gasteiger partial charge in [-0.3, -0.25) is 4.79 Å². The van der Waals surface area contributed by atoms with E-state index < -0.39 is 0 Å². The SMILES string of the molecule is CN(C)CC(=O)Nc1ccc(Oc2ccccc2)cc1. The lowest BCUT2D eigenvalue weighted by Gasteiger charge is -2.10. The van der Waals surface area contributed by atoms with Crippen LogP contribution in [-0.2, 0) is 4.79 Å². The number of carbonyl (C=O) groups excluding carboxylic acids is 1. The van der Waals surface area contributed by atoms with Crippen LogP contribution in [0, 0.1) is 0 Å². The quantitative estimate of drug-likeness (QED) is 0.908. The molecule has 1 N–H and O–H groups in total. The van der Waals surface area contributed by atoms with Crippen molar-refractivity contribution >= 4 is 11.6 Å². The van der Waals surface area contributed by atoms with Gasteiger partial charge in [-0.05, 0) is 50.5 Å². The summed E-state index contributed by atoms with van der Waals surface area (Å²) in [6, 6.07) is 16.9.